The average molecular weight is 272 g/mol. The molecule has 3 heteroatoms. The smallest absolute Gasteiger partial charge is 0.230 e. The van der Waals surface area contributed by atoms with Crippen LogP contribution < -0.4 is 10.6 Å². The van der Waals surface area contributed by atoms with Crippen molar-refractivity contribution in [3.8, 4) is 0 Å². The Morgan fingerprint density at radius 2 is 1.90 bits per heavy atom. The van der Waals surface area contributed by atoms with Crippen molar-refractivity contribution < 1.29 is 4.79 Å². The van der Waals surface area contributed by atoms with Crippen molar-refractivity contribution in [3.05, 3.63) is 35.9 Å². The third-order valence-electron chi connectivity index (χ3n) is 4.99. The Hall–Kier alpha value is -1.35. The van der Waals surface area contributed by atoms with E-state index in [4.69, 9.17) is 0 Å². The van der Waals surface area contributed by atoms with Crippen LogP contribution in [0.1, 0.15) is 37.7 Å². The van der Waals surface area contributed by atoms with E-state index in [9.17, 15) is 4.79 Å². The fourth-order valence-electron chi connectivity index (χ4n) is 3.36. The van der Waals surface area contributed by atoms with Crippen LogP contribution in [-0.2, 0) is 10.2 Å². The second-order valence-electron chi connectivity index (χ2n) is 6.21. The molecule has 1 saturated carbocycles. The molecule has 0 atom stereocenters. The number of piperidine rings is 1. The lowest BCUT2D eigenvalue weighted by Crippen LogP contribution is -2.51. The van der Waals surface area contributed by atoms with Gasteiger partial charge in [0.05, 0.1) is 5.41 Å². The second kappa shape index (κ2) is 5.96. The molecule has 108 valence electrons. The maximum Gasteiger partial charge on any atom is 0.230 e. The van der Waals surface area contributed by atoms with Crippen LogP contribution in [0.15, 0.2) is 30.3 Å². The summed E-state index contributed by atoms with van der Waals surface area (Å²) < 4.78 is 0. The number of carbonyl (C=O) groups is 1. The van der Waals surface area contributed by atoms with Crippen molar-refractivity contribution in [3.63, 3.8) is 0 Å². The molecule has 0 unspecified atom stereocenters. The first-order valence-electron chi connectivity index (χ1n) is 7.86. The topological polar surface area (TPSA) is 41.1 Å². The lowest BCUT2D eigenvalue weighted by atomic mass is 9.72. The Morgan fingerprint density at radius 3 is 2.50 bits per heavy atom. The summed E-state index contributed by atoms with van der Waals surface area (Å²) in [6.45, 7) is 2.71. The van der Waals surface area contributed by atoms with Gasteiger partial charge in [0.25, 0.3) is 0 Å². The van der Waals surface area contributed by atoms with Crippen LogP contribution in [0, 0.1) is 5.92 Å². The second-order valence-corrected chi connectivity index (χ2v) is 6.21. The minimum Gasteiger partial charge on any atom is -0.355 e. The minimum atomic E-state index is -0.323. The largest absolute Gasteiger partial charge is 0.355 e. The Kier molecular flexibility index (Phi) is 4.06. The molecule has 1 aliphatic carbocycles. The molecule has 0 spiro atoms. The molecule has 1 aliphatic heterocycles. The summed E-state index contributed by atoms with van der Waals surface area (Å²) >= 11 is 0. The van der Waals surface area contributed by atoms with Crippen molar-refractivity contribution in [1.29, 1.82) is 0 Å². The van der Waals surface area contributed by atoms with Gasteiger partial charge in [0, 0.05) is 6.54 Å². The quantitative estimate of drug-likeness (QED) is 0.882. The summed E-state index contributed by atoms with van der Waals surface area (Å²) in [7, 11) is 0. The van der Waals surface area contributed by atoms with Gasteiger partial charge in [-0.1, -0.05) is 36.8 Å². The number of hydrogen-bond acceptors (Lipinski definition) is 2. The zero-order valence-electron chi connectivity index (χ0n) is 12.0. The van der Waals surface area contributed by atoms with Crippen LogP contribution >= 0.6 is 0 Å². The highest BCUT2D eigenvalue weighted by molar-refractivity contribution is 5.88. The fourth-order valence-corrected chi connectivity index (χ4v) is 3.36. The van der Waals surface area contributed by atoms with E-state index >= 15 is 0 Å². The predicted octanol–water partition coefficient (Wildman–Crippen LogP) is 2.22. The van der Waals surface area contributed by atoms with E-state index in [0.29, 0.717) is 5.92 Å². The van der Waals surface area contributed by atoms with E-state index < -0.39 is 0 Å². The molecule has 0 radical (unpaired) electrons. The highest BCUT2D eigenvalue weighted by Crippen LogP contribution is 2.34. The van der Waals surface area contributed by atoms with E-state index in [1.54, 1.807) is 0 Å². The summed E-state index contributed by atoms with van der Waals surface area (Å²) in [6, 6.07) is 10.3. The van der Waals surface area contributed by atoms with Gasteiger partial charge in [0.2, 0.25) is 5.91 Å². The first kappa shape index (κ1) is 13.6. The third kappa shape index (κ3) is 2.59. The summed E-state index contributed by atoms with van der Waals surface area (Å²) in [5, 5.41) is 6.60. The number of benzene rings is 1. The van der Waals surface area contributed by atoms with Crippen molar-refractivity contribution >= 4 is 5.91 Å². The Morgan fingerprint density at radius 1 is 1.20 bits per heavy atom. The van der Waals surface area contributed by atoms with E-state index in [2.05, 4.69) is 22.8 Å². The van der Waals surface area contributed by atoms with Crippen molar-refractivity contribution in [2.45, 2.75) is 37.5 Å². The van der Waals surface area contributed by atoms with Crippen LogP contribution in [0.25, 0.3) is 0 Å². The van der Waals surface area contributed by atoms with Crippen LogP contribution in [0.2, 0.25) is 0 Å². The fraction of sp³-hybridized carbons (Fsp3) is 0.588. The number of hydrogen-bond donors (Lipinski definition) is 2. The summed E-state index contributed by atoms with van der Waals surface area (Å²) in [4.78, 5) is 12.8. The Bertz CT molecular complexity index is 447. The van der Waals surface area contributed by atoms with Crippen LogP contribution in [-0.4, -0.2) is 25.5 Å². The molecule has 20 heavy (non-hydrogen) atoms. The van der Waals surface area contributed by atoms with Crippen molar-refractivity contribution in [2.24, 2.45) is 5.92 Å². The number of carbonyl (C=O) groups excluding carboxylic acids is 1. The standard InChI is InChI=1S/C17H24N2O/c20-16(19-13-14-5-4-6-14)17(9-11-18-12-10-17)15-7-2-1-3-8-15/h1-3,7-8,14,18H,4-6,9-13H2,(H,19,20). The van der Waals surface area contributed by atoms with Crippen LogP contribution in [0.4, 0.5) is 0 Å². The maximum atomic E-state index is 12.8. The van der Waals surface area contributed by atoms with E-state index in [1.807, 2.05) is 18.2 Å². The summed E-state index contributed by atoms with van der Waals surface area (Å²) in [6.07, 6.45) is 5.68. The molecule has 3 nitrogen and oxygen atoms in total. The van der Waals surface area contributed by atoms with E-state index in [0.717, 1.165) is 32.5 Å². The van der Waals surface area contributed by atoms with Gasteiger partial charge < -0.3 is 10.6 Å². The molecule has 1 amide bonds. The normalized spacial score (nSPS) is 22.0. The highest BCUT2D eigenvalue weighted by Gasteiger charge is 2.41. The number of rotatable bonds is 4. The number of nitrogens with one attached hydrogen (secondary N) is 2. The molecule has 3 rings (SSSR count). The Labute approximate surface area is 121 Å². The summed E-state index contributed by atoms with van der Waals surface area (Å²) in [5.41, 5.74) is 0.851. The van der Waals surface area contributed by atoms with Gasteiger partial charge in [0.1, 0.15) is 0 Å². The zero-order chi connectivity index (χ0) is 13.8. The lowest BCUT2D eigenvalue weighted by molar-refractivity contribution is -0.128. The zero-order valence-corrected chi connectivity index (χ0v) is 12.0. The van der Waals surface area contributed by atoms with Gasteiger partial charge in [-0.15, -0.1) is 0 Å². The molecular weight excluding hydrogens is 248 g/mol. The van der Waals surface area contributed by atoms with Crippen molar-refractivity contribution in [2.75, 3.05) is 19.6 Å². The summed E-state index contributed by atoms with van der Waals surface area (Å²) in [5.74, 6) is 0.950. The molecule has 1 aromatic rings. The maximum absolute atomic E-state index is 12.8. The van der Waals surface area contributed by atoms with Gasteiger partial charge in [-0.3, -0.25) is 4.79 Å². The van der Waals surface area contributed by atoms with E-state index in [-0.39, 0.29) is 11.3 Å². The minimum absolute atomic E-state index is 0.233. The molecular formula is C17H24N2O. The SMILES string of the molecule is O=C(NCC1CCC1)C1(c2ccccc2)CCNCC1. The predicted molar refractivity (Wildman–Crippen MR) is 80.6 cm³/mol. The Balaban J connectivity index is 1.76. The molecule has 1 heterocycles. The monoisotopic (exact) mass is 272 g/mol. The van der Waals surface area contributed by atoms with E-state index in [1.165, 1.54) is 24.8 Å². The van der Waals surface area contributed by atoms with Crippen molar-refractivity contribution in [1.82, 2.24) is 10.6 Å². The van der Waals surface area contributed by atoms with Gasteiger partial charge in [-0.05, 0) is 50.3 Å². The molecule has 1 aromatic carbocycles. The molecule has 1 saturated heterocycles. The van der Waals surface area contributed by atoms with Crippen LogP contribution in [0.5, 0.6) is 0 Å². The van der Waals surface area contributed by atoms with Gasteiger partial charge in [-0.25, -0.2) is 0 Å². The molecule has 2 fully saturated rings. The van der Waals surface area contributed by atoms with Gasteiger partial charge in [-0.2, -0.15) is 0 Å². The first-order chi connectivity index (χ1) is 9.81. The number of amides is 1. The molecule has 0 bridgehead atoms. The van der Waals surface area contributed by atoms with Gasteiger partial charge >= 0.3 is 0 Å². The lowest BCUT2D eigenvalue weighted by Gasteiger charge is -2.37. The average Bonchev–Trinajstić information content (AvgIpc) is 2.47. The highest BCUT2D eigenvalue weighted by atomic mass is 16.2. The molecule has 2 N–H and O–H groups in total. The molecule has 2 aliphatic rings. The van der Waals surface area contributed by atoms with Gasteiger partial charge in [0.15, 0.2) is 0 Å². The third-order valence-corrected chi connectivity index (χ3v) is 4.99. The molecule has 0 aromatic heterocycles. The van der Waals surface area contributed by atoms with Crippen LogP contribution in [0.3, 0.4) is 0 Å². The first-order valence-corrected chi connectivity index (χ1v) is 7.86.